The first kappa shape index (κ1) is 20.2. The predicted octanol–water partition coefficient (Wildman–Crippen LogP) is 2.21. The minimum atomic E-state index is -0.136. The van der Waals surface area contributed by atoms with E-state index < -0.39 is 0 Å². The Kier molecular flexibility index (Phi) is 7.55. The molecule has 0 bridgehead atoms. The van der Waals surface area contributed by atoms with Gasteiger partial charge in [-0.2, -0.15) is 0 Å². The summed E-state index contributed by atoms with van der Waals surface area (Å²) in [5.74, 6) is -0.260. The van der Waals surface area contributed by atoms with Crippen molar-refractivity contribution in [2.45, 2.75) is 19.4 Å². The summed E-state index contributed by atoms with van der Waals surface area (Å²) in [5.41, 5.74) is 2.15. The third-order valence-corrected chi connectivity index (χ3v) is 4.00. The first-order valence-corrected chi connectivity index (χ1v) is 8.88. The van der Waals surface area contributed by atoms with Crippen LogP contribution in [0.15, 0.2) is 54.6 Å². The minimum absolute atomic E-state index is 0.0527. The van der Waals surface area contributed by atoms with Crippen molar-refractivity contribution in [3.05, 3.63) is 71.3 Å². The lowest BCUT2D eigenvalue weighted by molar-refractivity contribution is -0.121. The lowest BCUT2D eigenvalue weighted by Crippen LogP contribution is -2.27. The smallest absolute Gasteiger partial charge is 0.253 e. The third-order valence-electron chi connectivity index (χ3n) is 4.00. The number of nitrogens with zero attached hydrogens (tertiary/aromatic N) is 1. The van der Waals surface area contributed by atoms with Gasteiger partial charge in [0.25, 0.3) is 11.8 Å². The number of hydrogen-bond acceptors (Lipinski definition) is 3. The van der Waals surface area contributed by atoms with E-state index in [9.17, 15) is 14.4 Å². The Balaban J connectivity index is 1.66. The maximum Gasteiger partial charge on any atom is 0.253 e. The average molecular weight is 367 g/mol. The van der Waals surface area contributed by atoms with Crippen molar-refractivity contribution in [3.8, 4) is 0 Å². The highest BCUT2D eigenvalue weighted by molar-refractivity contribution is 5.94. The van der Waals surface area contributed by atoms with Crippen LogP contribution in [0.25, 0.3) is 0 Å². The number of nitrogens with one attached hydrogen (secondary N) is 2. The lowest BCUT2D eigenvalue weighted by atomic mass is 10.1. The Labute approximate surface area is 159 Å². The highest BCUT2D eigenvalue weighted by Crippen LogP contribution is 2.06. The van der Waals surface area contributed by atoms with E-state index in [0.29, 0.717) is 37.1 Å². The molecule has 2 aromatic carbocycles. The largest absolute Gasteiger partial charge is 0.352 e. The van der Waals surface area contributed by atoms with Crippen LogP contribution < -0.4 is 10.6 Å². The summed E-state index contributed by atoms with van der Waals surface area (Å²) in [6, 6.07) is 16.1. The SMILES string of the molecule is CN(C)C(=O)c1ccc(CNC(=O)CCCNC(=O)c2ccccc2)cc1. The number of hydrogen-bond donors (Lipinski definition) is 2. The van der Waals surface area contributed by atoms with E-state index in [-0.39, 0.29) is 17.7 Å². The highest BCUT2D eigenvalue weighted by Gasteiger charge is 2.08. The third kappa shape index (κ3) is 6.58. The van der Waals surface area contributed by atoms with Crippen LogP contribution >= 0.6 is 0 Å². The van der Waals surface area contributed by atoms with Crippen LogP contribution in [0.5, 0.6) is 0 Å². The van der Waals surface area contributed by atoms with Crippen LogP contribution in [-0.2, 0) is 11.3 Å². The number of carbonyl (C=O) groups excluding carboxylic acids is 3. The van der Waals surface area contributed by atoms with Crippen LogP contribution in [0.2, 0.25) is 0 Å². The zero-order valence-corrected chi connectivity index (χ0v) is 15.7. The molecule has 6 nitrogen and oxygen atoms in total. The molecule has 0 fully saturated rings. The van der Waals surface area contributed by atoms with Gasteiger partial charge >= 0.3 is 0 Å². The maximum atomic E-state index is 11.9. The van der Waals surface area contributed by atoms with Crippen molar-refractivity contribution in [2.24, 2.45) is 0 Å². The van der Waals surface area contributed by atoms with Gasteiger partial charge in [0, 0.05) is 44.7 Å². The summed E-state index contributed by atoms with van der Waals surface area (Å²) in [6.07, 6.45) is 0.910. The minimum Gasteiger partial charge on any atom is -0.352 e. The lowest BCUT2D eigenvalue weighted by Gasteiger charge is -2.11. The molecule has 0 unspecified atom stereocenters. The Hall–Kier alpha value is -3.15. The summed E-state index contributed by atoms with van der Waals surface area (Å²) >= 11 is 0. The van der Waals surface area contributed by atoms with Crippen molar-refractivity contribution in [1.82, 2.24) is 15.5 Å². The van der Waals surface area contributed by atoms with Crippen LogP contribution in [-0.4, -0.2) is 43.3 Å². The van der Waals surface area contributed by atoms with Gasteiger partial charge in [-0.3, -0.25) is 14.4 Å². The van der Waals surface area contributed by atoms with Crippen LogP contribution in [0, 0.1) is 0 Å². The van der Waals surface area contributed by atoms with E-state index >= 15 is 0 Å². The summed E-state index contributed by atoms with van der Waals surface area (Å²) in [4.78, 5) is 37.1. The summed E-state index contributed by atoms with van der Waals surface area (Å²) in [6.45, 7) is 0.855. The van der Waals surface area contributed by atoms with Crippen molar-refractivity contribution >= 4 is 17.7 Å². The van der Waals surface area contributed by atoms with Crippen LogP contribution in [0.4, 0.5) is 0 Å². The topological polar surface area (TPSA) is 78.5 Å². The first-order chi connectivity index (χ1) is 13.0. The second-order valence-electron chi connectivity index (χ2n) is 6.40. The molecule has 0 aromatic heterocycles. The normalized spacial score (nSPS) is 10.1. The molecule has 0 saturated heterocycles. The monoisotopic (exact) mass is 367 g/mol. The van der Waals surface area contributed by atoms with Crippen molar-refractivity contribution in [3.63, 3.8) is 0 Å². The average Bonchev–Trinajstić information content (AvgIpc) is 2.70. The number of benzene rings is 2. The molecular weight excluding hydrogens is 342 g/mol. The molecule has 142 valence electrons. The van der Waals surface area contributed by atoms with E-state index in [1.165, 1.54) is 4.90 Å². The molecule has 27 heavy (non-hydrogen) atoms. The second-order valence-corrected chi connectivity index (χ2v) is 6.40. The molecule has 2 rings (SSSR count). The Morgan fingerprint density at radius 3 is 2.15 bits per heavy atom. The van der Waals surface area contributed by atoms with Crippen molar-refractivity contribution in [1.29, 1.82) is 0 Å². The van der Waals surface area contributed by atoms with E-state index in [4.69, 9.17) is 0 Å². The molecule has 3 amide bonds. The number of carbonyl (C=O) groups is 3. The molecule has 0 aliphatic carbocycles. The Morgan fingerprint density at radius 1 is 0.852 bits per heavy atom. The quantitative estimate of drug-likeness (QED) is 0.702. The predicted molar refractivity (Wildman–Crippen MR) is 104 cm³/mol. The summed E-state index contributed by atoms with van der Waals surface area (Å²) < 4.78 is 0. The van der Waals surface area contributed by atoms with E-state index in [1.807, 2.05) is 30.3 Å². The zero-order valence-electron chi connectivity index (χ0n) is 15.7. The van der Waals surface area contributed by atoms with Crippen LogP contribution in [0.3, 0.4) is 0 Å². The molecule has 0 radical (unpaired) electrons. The fraction of sp³-hybridized carbons (Fsp3) is 0.286. The van der Waals surface area contributed by atoms with Gasteiger partial charge in [0.05, 0.1) is 0 Å². The molecule has 2 aromatic rings. The zero-order chi connectivity index (χ0) is 19.6. The van der Waals surface area contributed by atoms with Gasteiger partial charge < -0.3 is 15.5 Å². The molecule has 0 heterocycles. The first-order valence-electron chi connectivity index (χ1n) is 8.88. The van der Waals surface area contributed by atoms with Crippen molar-refractivity contribution in [2.75, 3.05) is 20.6 Å². The second kappa shape index (κ2) is 10.1. The van der Waals surface area contributed by atoms with E-state index in [1.54, 1.807) is 38.4 Å². The van der Waals surface area contributed by atoms with Gasteiger partial charge in [-0.25, -0.2) is 0 Å². The maximum absolute atomic E-state index is 11.9. The number of rotatable bonds is 8. The molecular formula is C21H25N3O3. The molecule has 0 spiro atoms. The summed E-state index contributed by atoms with van der Waals surface area (Å²) in [5, 5.41) is 5.64. The Morgan fingerprint density at radius 2 is 1.52 bits per heavy atom. The van der Waals surface area contributed by atoms with Gasteiger partial charge in [-0.1, -0.05) is 30.3 Å². The molecule has 0 saturated carbocycles. The molecule has 6 heteroatoms. The molecule has 2 N–H and O–H groups in total. The van der Waals surface area contributed by atoms with E-state index in [2.05, 4.69) is 10.6 Å². The van der Waals surface area contributed by atoms with Crippen LogP contribution in [0.1, 0.15) is 39.1 Å². The Bertz CT molecular complexity index is 771. The molecule has 0 aliphatic rings. The molecule has 0 atom stereocenters. The fourth-order valence-corrected chi connectivity index (χ4v) is 2.45. The standard InChI is InChI=1S/C21H25N3O3/c1-24(2)21(27)18-12-10-16(11-13-18)15-23-19(25)9-6-14-22-20(26)17-7-4-3-5-8-17/h3-5,7-8,10-13H,6,9,14-15H2,1-2H3,(H,22,26)(H,23,25). The van der Waals surface area contributed by atoms with Gasteiger partial charge in [0.2, 0.25) is 5.91 Å². The fourth-order valence-electron chi connectivity index (χ4n) is 2.45. The molecule has 0 aliphatic heterocycles. The van der Waals surface area contributed by atoms with E-state index in [0.717, 1.165) is 5.56 Å². The van der Waals surface area contributed by atoms with Gasteiger partial charge in [-0.05, 0) is 36.2 Å². The van der Waals surface area contributed by atoms with Gasteiger partial charge in [-0.15, -0.1) is 0 Å². The number of amides is 3. The highest BCUT2D eigenvalue weighted by atomic mass is 16.2. The van der Waals surface area contributed by atoms with Gasteiger partial charge in [0.1, 0.15) is 0 Å². The van der Waals surface area contributed by atoms with Crippen molar-refractivity contribution < 1.29 is 14.4 Å². The summed E-state index contributed by atoms with van der Waals surface area (Å²) in [7, 11) is 3.41. The van der Waals surface area contributed by atoms with Gasteiger partial charge in [0.15, 0.2) is 0 Å².